The predicted octanol–water partition coefficient (Wildman–Crippen LogP) is 5.62. The molecule has 5 nitrogen and oxygen atoms in total. The van der Waals surface area contributed by atoms with E-state index in [9.17, 15) is 4.79 Å². The van der Waals surface area contributed by atoms with Gasteiger partial charge in [-0.05, 0) is 74.2 Å². The van der Waals surface area contributed by atoms with Crippen molar-refractivity contribution < 1.29 is 14.3 Å². The Morgan fingerprint density at radius 1 is 1.07 bits per heavy atom. The summed E-state index contributed by atoms with van der Waals surface area (Å²) >= 11 is 0. The van der Waals surface area contributed by atoms with E-state index in [0.29, 0.717) is 24.0 Å². The Morgan fingerprint density at radius 2 is 1.77 bits per heavy atom. The molecule has 0 aliphatic carbocycles. The molecule has 2 aromatic rings. The predicted molar refractivity (Wildman–Crippen MR) is 126 cm³/mol. The van der Waals surface area contributed by atoms with Crippen LogP contribution in [0.25, 0.3) is 6.08 Å². The SMILES string of the molecule is CCN(CC)c1ccc(NC(=O)/C=C/c2ccc(OCCC(C)C)c(OC)c2)cc1. The summed E-state index contributed by atoms with van der Waals surface area (Å²) in [6.07, 6.45) is 4.27. The van der Waals surface area contributed by atoms with E-state index in [0.717, 1.165) is 36.4 Å². The molecule has 0 spiro atoms. The molecule has 1 amide bonds. The quantitative estimate of drug-likeness (QED) is 0.489. The van der Waals surface area contributed by atoms with E-state index in [1.165, 1.54) is 6.08 Å². The van der Waals surface area contributed by atoms with Gasteiger partial charge in [0.15, 0.2) is 11.5 Å². The Hall–Kier alpha value is -2.95. The summed E-state index contributed by atoms with van der Waals surface area (Å²) in [5.74, 6) is 1.79. The first-order chi connectivity index (χ1) is 14.5. The Bertz CT molecular complexity index is 825. The molecule has 2 aromatic carbocycles. The van der Waals surface area contributed by atoms with Gasteiger partial charge < -0.3 is 19.7 Å². The molecule has 0 saturated carbocycles. The summed E-state index contributed by atoms with van der Waals surface area (Å²) in [4.78, 5) is 14.5. The summed E-state index contributed by atoms with van der Waals surface area (Å²) in [7, 11) is 1.62. The average molecular weight is 411 g/mol. The third-order valence-corrected chi connectivity index (χ3v) is 4.83. The van der Waals surface area contributed by atoms with Gasteiger partial charge in [-0.3, -0.25) is 4.79 Å². The molecule has 0 saturated heterocycles. The molecule has 1 N–H and O–H groups in total. The second kappa shape index (κ2) is 11.9. The number of rotatable bonds is 11. The van der Waals surface area contributed by atoms with Crippen molar-refractivity contribution in [2.45, 2.75) is 34.1 Å². The highest BCUT2D eigenvalue weighted by molar-refractivity contribution is 6.02. The smallest absolute Gasteiger partial charge is 0.248 e. The van der Waals surface area contributed by atoms with Gasteiger partial charge in [-0.15, -0.1) is 0 Å². The number of carbonyl (C=O) groups excluding carboxylic acids is 1. The van der Waals surface area contributed by atoms with Crippen LogP contribution in [0.1, 0.15) is 39.7 Å². The fourth-order valence-electron chi connectivity index (χ4n) is 3.01. The summed E-state index contributed by atoms with van der Waals surface area (Å²) in [6, 6.07) is 13.5. The normalized spacial score (nSPS) is 11.0. The molecule has 0 fully saturated rings. The fourth-order valence-corrected chi connectivity index (χ4v) is 3.01. The summed E-state index contributed by atoms with van der Waals surface area (Å²) in [5, 5.41) is 2.89. The lowest BCUT2D eigenvalue weighted by atomic mass is 10.1. The Balaban J connectivity index is 1.97. The van der Waals surface area contributed by atoms with Crippen LogP contribution in [-0.4, -0.2) is 32.7 Å². The van der Waals surface area contributed by atoms with E-state index in [4.69, 9.17) is 9.47 Å². The van der Waals surface area contributed by atoms with Crippen molar-refractivity contribution in [3.63, 3.8) is 0 Å². The second-order valence-corrected chi connectivity index (χ2v) is 7.48. The topological polar surface area (TPSA) is 50.8 Å². The van der Waals surface area contributed by atoms with Gasteiger partial charge in [-0.25, -0.2) is 0 Å². The number of ether oxygens (including phenoxy) is 2. The number of nitrogens with one attached hydrogen (secondary N) is 1. The monoisotopic (exact) mass is 410 g/mol. The van der Waals surface area contributed by atoms with Crippen molar-refractivity contribution in [1.82, 2.24) is 0 Å². The van der Waals surface area contributed by atoms with Gasteiger partial charge in [0.05, 0.1) is 13.7 Å². The zero-order chi connectivity index (χ0) is 21.9. The fraction of sp³-hybridized carbons (Fsp3) is 0.400. The van der Waals surface area contributed by atoms with Gasteiger partial charge in [0.1, 0.15) is 0 Å². The number of benzene rings is 2. The van der Waals surface area contributed by atoms with Crippen molar-refractivity contribution >= 4 is 23.4 Å². The highest BCUT2D eigenvalue weighted by Gasteiger charge is 2.06. The Labute approximate surface area is 180 Å². The maximum absolute atomic E-state index is 12.3. The van der Waals surface area contributed by atoms with Gasteiger partial charge in [0, 0.05) is 30.5 Å². The Morgan fingerprint density at radius 3 is 2.37 bits per heavy atom. The van der Waals surface area contributed by atoms with Crippen LogP contribution in [0.15, 0.2) is 48.5 Å². The maximum Gasteiger partial charge on any atom is 0.248 e. The first-order valence-corrected chi connectivity index (χ1v) is 10.6. The van der Waals surface area contributed by atoms with Gasteiger partial charge in [-0.1, -0.05) is 19.9 Å². The lowest BCUT2D eigenvalue weighted by Crippen LogP contribution is -2.21. The molecule has 0 heterocycles. The molecule has 0 atom stereocenters. The first kappa shape index (κ1) is 23.3. The third-order valence-electron chi connectivity index (χ3n) is 4.83. The summed E-state index contributed by atoms with van der Waals surface area (Å²) < 4.78 is 11.2. The van der Waals surface area contributed by atoms with Gasteiger partial charge in [0.25, 0.3) is 0 Å². The van der Waals surface area contributed by atoms with E-state index >= 15 is 0 Å². The molecule has 30 heavy (non-hydrogen) atoms. The van der Waals surface area contributed by atoms with Crippen LogP contribution in [-0.2, 0) is 4.79 Å². The minimum atomic E-state index is -0.179. The second-order valence-electron chi connectivity index (χ2n) is 7.48. The van der Waals surface area contributed by atoms with E-state index in [1.807, 2.05) is 42.5 Å². The van der Waals surface area contributed by atoms with Crippen LogP contribution in [0.5, 0.6) is 11.5 Å². The Kier molecular flexibility index (Phi) is 9.26. The molecular weight excluding hydrogens is 376 g/mol. The van der Waals surface area contributed by atoms with E-state index in [1.54, 1.807) is 13.2 Å². The molecule has 0 unspecified atom stereocenters. The third kappa shape index (κ3) is 7.14. The molecule has 162 valence electrons. The molecule has 0 aromatic heterocycles. The minimum Gasteiger partial charge on any atom is -0.493 e. The molecule has 2 rings (SSSR count). The number of methoxy groups -OCH3 is 1. The first-order valence-electron chi connectivity index (χ1n) is 10.6. The van der Waals surface area contributed by atoms with Gasteiger partial charge in [-0.2, -0.15) is 0 Å². The van der Waals surface area contributed by atoms with Crippen molar-refractivity contribution in [3.8, 4) is 11.5 Å². The summed E-state index contributed by atoms with van der Waals surface area (Å²) in [5.41, 5.74) is 2.79. The van der Waals surface area contributed by atoms with Crippen molar-refractivity contribution in [2.24, 2.45) is 5.92 Å². The zero-order valence-electron chi connectivity index (χ0n) is 18.8. The molecular formula is C25H34N2O3. The summed E-state index contributed by atoms with van der Waals surface area (Å²) in [6.45, 7) is 11.1. The standard InChI is InChI=1S/C25H34N2O3/c1-6-27(7-2)22-12-10-21(11-13-22)26-25(28)15-9-20-8-14-23(24(18-20)29-5)30-17-16-19(3)4/h8-15,18-19H,6-7,16-17H2,1-5H3,(H,26,28)/b15-9+. The molecule has 0 aliphatic heterocycles. The van der Waals surface area contributed by atoms with Crippen LogP contribution in [0.4, 0.5) is 11.4 Å². The lowest BCUT2D eigenvalue weighted by molar-refractivity contribution is -0.111. The van der Waals surface area contributed by atoms with Crippen molar-refractivity contribution in [1.29, 1.82) is 0 Å². The highest BCUT2D eigenvalue weighted by atomic mass is 16.5. The van der Waals surface area contributed by atoms with Crippen LogP contribution in [0.3, 0.4) is 0 Å². The minimum absolute atomic E-state index is 0.179. The highest BCUT2D eigenvalue weighted by Crippen LogP contribution is 2.29. The number of nitrogens with zero attached hydrogens (tertiary/aromatic N) is 1. The largest absolute Gasteiger partial charge is 0.493 e. The van der Waals surface area contributed by atoms with Gasteiger partial charge >= 0.3 is 0 Å². The van der Waals surface area contributed by atoms with Crippen LogP contribution in [0, 0.1) is 5.92 Å². The number of hydrogen-bond acceptors (Lipinski definition) is 4. The van der Waals surface area contributed by atoms with Gasteiger partial charge in [0.2, 0.25) is 5.91 Å². The van der Waals surface area contributed by atoms with E-state index in [-0.39, 0.29) is 5.91 Å². The van der Waals surface area contributed by atoms with Crippen molar-refractivity contribution in [2.75, 3.05) is 37.0 Å². The maximum atomic E-state index is 12.3. The van der Waals surface area contributed by atoms with Crippen LogP contribution in [0.2, 0.25) is 0 Å². The van der Waals surface area contributed by atoms with Crippen LogP contribution < -0.4 is 19.7 Å². The average Bonchev–Trinajstić information content (AvgIpc) is 2.74. The zero-order valence-corrected chi connectivity index (χ0v) is 18.8. The van der Waals surface area contributed by atoms with Crippen LogP contribution >= 0.6 is 0 Å². The molecule has 0 bridgehead atoms. The molecule has 0 radical (unpaired) electrons. The van der Waals surface area contributed by atoms with E-state index in [2.05, 4.69) is 37.9 Å². The number of carbonyl (C=O) groups is 1. The number of hydrogen-bond donors (Lipinski definition) is 1. The number of anilines is 2. The number of amides is 1. The lowest BCUT2D eigenvalue weighted by Gasteiger charge is -2.21. The molecule has 0 aliphatic rings. The molecule has 5 heteroatoms. The van der Waals surface area contributed by atoms with E-state index < -0.39 is 0 Å². The van der Waals surface area contributed by atoms with Crippen molar-refractivity contribution in [3.05, 3.63) is 54.1 Å².